The van der Waals surface area contributed by atoms with Crippen LogP contribution >= 0.6 is 0 Å². The molecule has 18 heavy (non-hydrogen) atoms. The van der Waals surface area contributed by atoms with E-state index in [1.54, 1.807) is 6.92 Å². The molecule has 0 radical (unpaired) electrons. The van der Waals surface area contributed by atoms with Gasteiger partial charge in [0.05, 0.1) is 12.2 Å². The van der Waals surface area contributed by atoms with Gasteiger partial charge in [-0.15, -0.1) is 0 Å². The molecule has 0 amide bonds. The van der Waals surface area contributed by atoms with Gasteiger partial charge >= 0.3 is 5.97 Å². The van der Waals surface area contributed by atoms with Gasteiger partial charge in [0.25, 0.3) is 0 Å². The lowest BCUT2D eigenvalue weighted by Crippen LogP contribution is -2.52. The van der Waals surface area contributed by atoms with Crippen LogP contribution in [0.5, 0.6) is 0 Å². The van der Waals surface area contributed by atoms with Gasteiger partial charge in [0.2, 0.25) is 0 Å². The Labute approximate surface area is 110 Å². The predicted molar refractivity (Wildman–Crippen MR) is 70.8 cm³/mol. The molecule has 0 aromatic rings. The van der Waals surface area contributed by atoms with Crippen molar-refractivity contribution in [1.29, 1.82) is 0 Å². The lowest BCUT2D eigenvalue weighted by molar-refractivity contribution is -0.143. The Morgan fingerprint density at radius 1 is 1.28 bits per heavy atom. The molecule has 1 rings (SSSR count). The van der Waals surface area contributed by atoms with Crippen LogP contribution in [0.15, 0.2) is 0 Å². The van der Waals surface area contributed by atoms with Crippen LogP contribution in [0, 0.1) is 0 Å². The van der Waals surface area contributed by atoms with Crippen LogP contribution < -0.4 is 0 Å². The Hall–Kier alpha value is -0.650. The monoisotopic (exact) mass is 258 g/mol. The zero-order chi connectivity index (χ0) is 13.8. The molecule has 106 valence electrons. The quantitative estimate of drug-likeness (QED) is 0.794. The Bertz CT molecular complexity index is 268. The van der Waals surface area contributed by atoms with Gasteiger partial charge in [0, 0.05) is 32.7 Å². The van der Waals surface area contributed by atoms with E-state index in [1.807, 2.05) is 4.90 Å². The molecule has 0 aliphatic carbocycles. The largest absolute Gasteiger partial charge is 0.480 e. The van der Waals surface area contributed by atoms with Crippen LogP contribution in [0.25, 0.3) is 0 Å². The van der Waals surface area contributed by atoms with E-state index >= 15 is 0 Å². The maximum atomic E-state index is 10.9. The van der Waals surface area contributed by atoms with Gasteiger partial charge in [-0.05, 0) is 27.7 Å². The number of ether oxygens (including phenoxy) is 1. The van der Waals surface area contributed by atoms with Gasteiger partial charge in [-0.25, -0.2) is 0 Å². The van der Waals surface area contributed by atoms with Crippen LogP contribution in [0.3, 0.4) is 0 Å². The summed E-state index contributed by atoms with van der Waals surface area (Å²) in [5.74, 6) is -0.737. The highest BCUT2D eigenvalue weighted by atomic mass is 16.5. The summed E-state index contributed by atoms with van der Waals surface area (Å²) < 4.78 is 5.70. The average Bonchev–Trinajstić information content (AvgIpc) is 2.27. The molecule has 0 bridgehead atoms. The Morgan fingerprint density at radius 3 is 2.28 bits per heavy atom. The number of nitrogens with zero attached hydrogens (tertiary/aromatic N) is 2. The fourth-order valence-electron chi connectivity index (χ4n) is 2.01. The van der Waals surface area contributed by atoms with Crippen molar-refractivity contribution in [3.8, 4) is 0 Å². The first kappa shape index (κ1) is 15.4. The summed E-state index contributed by atoms with van der Waals surface area (Å²) in [6.07, 6.45) is 0. The van der Waals surface area contributed by atoms with E-state index in [0.717, 1.165) is 39.3 Å². The zero-order valence-electron chi connectivity index (χ0n) is 12.0. The third kappa shape index (κ3) is 5.33. The molecule has 1 atom stereocenters. The van der Waals surface area contributed by atoms with E-state index in [-0.39, 0.29) is 11.6 Å². The van der Waals surface area contributed by atoms with Gasteiger partial charge < -0.3 is 9.84 Å². The SMILES string of the molecule is CC(C(=O)O)N1CCN(CCOC(C)(C)C)CC1. The number of piperazine rings is 1. The summed E-state index contributed by atoms with van der Waals surface area (Å²) in [5.41, 5.74) is -0.0837. The number of rotatable bonds is 5. The Kier molecular flexibility index (Phi) is 5.56. The van der Waals surface area contributed by atoms with Crippen molar-refractivity contribution >= 4 is 5.97 Å². The van der Waals surface area contributed by atoms with Crippen LogP contribution in [-0.4, -0.2) is 71.8 Å². The molecule has 1 saturated heterocycles. The molecule has 0 spiro atoms. The van der Waals surface area contributed by atoms with E-state index < -0.39 is 5.97 Å². The molecule has 1 fully saturated rings. The number of aliphatic carboxylic acids is 1. The fourth-order valence-corrected chi connectivity index (χ4v) is 2.01. The molecule has 1 heterocycles. The fraction of sp³-hybridized carbons (Fsp3) is 0.923. The number of carboxylic acids is 1. The van der Waals surface area contributed by atoms with Crippen molar-refractivity contribution < 1.29 is 14.6 Å². The lowest BCUT2D eigenvalue weighted by atomic mass is 10.2. The molecule has 0 aromatic carbocycles. The summed E-state index contributed by atoms with van der Waals surface area (Å²) in [6, 6.07) is -0.377. The lowest BCUT2D eigenvalue weighted by Gasteiger charge is -2.36. The van der Waals surface area contributed by atoms with Crippen LogP contribution in [0.2, 0.25) is 0 Å². The highest BCUT2D eigenvalue weighted by Gasteiger charge is 2.25. The van der Waals surface area contributed by atoms with Crippen molar-refractivity contribution in [2.75, 3.05) is 39.3 Å². The summed E-state index contributed by atoms with van der Waals surface area (Å²) in [4.78, 5) is 15.2. The maximum Gasteiger partial charge on any atom is 0.320 e. The third-order valence-corrected chi connectivity index (χ3v) is 3.25. The minimum Gasteiger partial charge on any atom is -0.480 e. The molecule has 0 saturated carbocycles. The molecule has 5 nitrogen and oxygen atoms in total. The zero-order valence-corrected chi connectivity index (χ0v) is 12.0. The first-order chi connectivity index (χ1) is 8.29. The van der Waals surface area contributed by atoms with Crippen LogP contribution in [0.4, 0.5) is 0 Å². The van der Waals surface area contributed by atoms with Crippen molar-refractivity contribution in [2.24, 2.45) is 0 Å². The van der Waals surface area contributed by atoms with E-state index in [9.17, 15) is 4.79 Å². The minimum atomic E-state index is -0.737. The van der Waals surface area contributed by atoms with Gasteiger partial charge in [-0.3, -0.25) is 14.6 Å². The molecule has 5 heteroatoms. The Balaban J connectivity index is 2.21. The van der Waals surface area contributed by atoms with Crippen LogP contribution in [0.1, 0.15) is 27.7 Å². The normalized spacial score (nSPS) is 20.9. The van der Waals surface area contributed by atoms with Gasteiger partial charge in [0.15, 0.2) is 0 Å². The van der Waals surface area contributed by atoms with Crippen LogP contribution in [-0.2, 0) is 9.53 Å². The smallest absolute Gasteiger partial charge is 0.320 e. The van der Waals surface area contributed by atoms with Gasteiger partial charge in [-0.1, -0.05) is 0 Å². The number of hydrogen-bond donors (Lipinski definition) is 1. The van der Waals surface area contributed by atoms with E-state index in [1.165, 1.54) is 0 Å². The maximum absolute atomic E-state index is 10.9. The molecular weight excluding hydrogens is 232 g/mol. The molecule has 1 aliphatic heterocycles. The van der Waals surface area contributed by atoms with E-state index in [0.29, 0.717) is 0 Å². The van der Waals surface area contributed by atoms with E-state index in [2.05, 4.69) is 25.7 Å². The second-order valence-corrected chi connectivity index (χ2v) is 5.85. The third-order valence-electron chi connectivity index (χ3n) is 3.25. The van der Waals surface area contributed by atoms with Gasteiger partial charge in [0.1, 0.15) is 6.04 Å². The van der Waals surface area contributed by atoms with Gasteiger partial charge in [-0.2, -0.15) is 0 Å². The number of hydrogen-bond acceptors (Lipinski definition) is 4. The molecule has 1 aliphatic rings. The highest BCUT2D eigenvalue weighted by molar-refractivity contribution is 5.72. The average molecular weight is 258 g/mol. The minimum absolute atomic E-state index is 0.0837. The topological polar surface area (TPSA) is 53.0 Å². The standard InChI is InChI=1S/C13H26N2O3/c1-11(12(16)17)15-7-5-14(6-8-15)9-10-18-13(2,3)4/h11H,5-10H2,1-4H3,(H,16,17). The molecule has 1 N–H and O–H groups in total. The highest BCUT2D eigenvalue weighted by Crippen LogP contribution is 2.09. The molecular formula is C13H26N2O3. The molecule has 0 aromatic heterocycles. The summed E-state index contributed by atoms with van der Waals surface area (Å²) in [5, 5.41) is 8.96. The summed E-state index contributed by atoms with van der Waals surface area (Å²) in [7, 11) is 0. The van der Waals surface area contributed by atoms with Crippen molar-refractivity contribution in [2.45, 2.75) is 39.3 Å². The second kappa shape index (κ2) is 6.50. The summed E-state index contributed by atoms with van der Waals surface area (Å²) >= 11 is 0. The van der Waals surface area contributed by atoms with E-state index in [4.69, 9.17) is 9.84 Å². The number of carboxylic acid groups (broad SMARTS) is 1. The first-order valence-electron chi connectivity index (χ1n) is 6.63. The van der Waals surface area contributed by atoms with Crippen molar-refractivity contribution in [1.82, 2.24) is 9.80 Å². The van der Waals surface area contributed by atoms with Crippen molar-refractivity contribution in [3.63, 3.8) is 0 Å². The molecule has 1 unspecified atom stereocenters. The number of carbonyl (C=O) groups is 1. The second-order valence-electron chi connectivity index (χ2n) is 5.85. The predicted octanol–water partition coefficient (Wildman–Crippen LogP) is 0.892. The van der Waals surface area contributed by atoms with Crippen molar-refractivity contribution in [3.05, 3.63) is 0 Å². The first-order valence-corrected chi connectivity index (χ1v) is 6.63. The summed E-state index contributed by atoms with van der Waals surface area (Å²) in [6.45, 7) is 13.1. The Morgan fingerprint density at radius 2 is 1.83 bits per heavy atom.